The molecule has 0 spiro atoms. The molecule has 0 radical (unpaired) electrons. The van der Waals surface area contributed by atoms with E-state index in [1.54, 1.807) is 19.2 Å². The molecule has 0 unspecified atom stereocenters. The second kappa shape index (κ2) is 4.88. The quantitative estimate of drug-likeness (QED) is 0.788. The fourth-order valence-electron chi connectivity index (χ4n) is 1.78. The number of hydrogen-bond acceptors (Lipinski definition) is 1. The topological polar surface area (TPSA) is 9.23 Å². The standard InChI is InChI=1S/C14H12BrFO/c1-9-7-14(17-2)12(15)8-11(9)10-5-3-4-6-13(10)16/h3-8H,1-2H3. The highest BCUT2D eigenvalue weighted by molar-refractivity contribution is 9.10. The maximum Gasteiger partial charge on any atom is 0.133 e. The molecule has 17 heavy (non-hydrogen) atoms. The molecule has 2 rings (SSSR count). The Bertz CT molecular complexity index is 552. The molecule has 3 heteroatoms. The lowest BCUT2D eigenvalue weighted by Crippen LogP contribution is -1.91. The van der Waals surface area contributed by atoms with E-state index < -0.39 is 0 Å². The number of benzene rings is 2. The van der Waals surface area contributed by atoms with Crippen LogP contribution >= 0.6 is 15.9 Å². The Kier molecular flexibility index (Phi) is 3.48. The Morgan fingerprint density at radius 1 is 1.12 bits per heavy atom. The summed E-state index contributed by atoms with van der Waals surface area (Å²) in [5, 5.41) is 0. The summed E-state index contributed by atoms with van der Waals surface area (Å²) in [6, 6.07) is 10.5. The molecule has 0 aliphatic heterocycles. The Labute approximate surface area is 108 Å². The predicted octanol–water partition coefficient (Wildman–Crippen LogP) is 4.57. The molecule has 0 fully saturated rings. The average molecular weight is 295 g/mol. The number of rotatable bonds is 2. The van der Waals surface area contributed by atoms with Crippen LogP contribution in [0.2, 0.25) is 0 Å². The van der Waals surface area contributed by atoms with Gasteiger partial charge in [0.25, 0.3) is 0 Å². The minimum absolute atomic E-state index is 0.215. The molecule has 0 atom stereocenters. The van der Waals surface area contributed by atoms with Gasteiger partial charge in [0.1, 0.15) is 11.6 Å². The Hall–Kier alpha value is -1.35. The molecule has 1 nitrogen and oxygen atoms in total. The first-order valence-corrected chi connectivity index (χ1v) is 6.02. The van der Waals surface area contributed by atoms with Crippen molar-refractivity contribution in [3.8, 4) is 16.9 Å². The minimum Gasteiger partial charge on any atom is -0.496 e. The summed E-state index contributed by atoms with van der Waals surface area (Å²) in [6.07, 6.45) is 0. The van der Waals surface area contributed by atoms with E-state index in [2.05, 4.69) is 15.9 Å². The van der Waals surface area contributed by atoms with Crippen molar-refractivity contribution in [2.24, 2.45) is 0 Å². The molecule has 0 aliphatic rings. The summed E-state index contributed by atoms with van der Waals surface area (Å²) in [4.78, 5) is 0. The summed E-state index contributed by atoms with van der Waals surface area (Å²) < 4.78 is 19.8. The number of hydrogen-bond donors (Lipinski definition) is 0. The van der Waals surface area contributed by atoms with Crippen LogP contribution in [-0.4, -0.2) is 7.11 Å². The van der Waals surface area contributed by atoms with Gasteiger partial charge in [-0.05, 0) is 52.2 Å². The highest BCUT2D eigenvalue weighted by Gasteiger charge is 2.10. The lowest BCUT2D eigenvalue weighted by Gasteiger charge is -2.11. The molecule has 0 N–H and O–H groups in total. The molecule has 0 heterocycles. The molecular formula is C14H12BrFO. The van der Waals surface area contributed by atoms with Gasteiger partial charge in [0.05, 0.1) is 11.6 Å². The second-order valence-corrected chi connectivity index (χ2v) is 4.64. The van der Waals surface area contributed by atoms with E-state index in [0.29, 0.717) is 5.56 Å². The van der Waals surface area contributed by atoms with Gasteiger partial charge in [-0.1, -0.05) is 18.2 Å². The molecular weight excluding hydrogens is 283 g/mol. The van der Waals surface area contributed by atoms with Gasteiger partial charge in [0.15, 0.2) is 0 Å². The van der Waals surface area contributed by atoms with E-state index in [0.717, 1.165) is 21.3 Å². The van der Waals surface area contributed by atoms with Crippen LogP contribution in [0, 0.1) is 12.7 Å². The van der Waals surface area contributed by atoms with Crippen LogP contribution in [0.3, 0.4) is 0 Å². The van der Waals surface area contributed by atoms with E-state index >= 15 is 0 Å². The van der Waals surface area contributed by atoms with E-state index in [9.17, 15) is 4.39 Å². The first-order valence-electron chi connectivity index (χ1n) is 5.22. The van der Waals surface area contributed by atoms with Crippen LogP contribution in [0.5, 0.6) is 5.75 Å². The maximum atomic E-state index is 13.7. The fourth-order valence-corrected chi connectivity index (χ4v) is 2.29. The third-order valence-electron chi connectivity index (χ3n) is 2.66. The van der Waals surface area contributed by atoms with Crippen molar-refractivity contribution in [1.29, 1.82) is 0 Å². The van der Waals surface area contributed by atoms with Crippen LogP contribution in [0.15, 0.2) is 40.9 Å². The first-order chi connectivity index (χ1) is 8.13. The van der Waals surface area contributed by atoms with E-state index in [-0.39, 0.29) is 5.82 Å². The van der Waals surface area contributed by atoms with Crippen LogP contribution in [-0.2, 0) is 0 Å². The average Bonchev–Trinajstić information content (AvgIpc) is 2.32. The molecule has 2 aromatic rings. The van der Waals surface area contributed by atoms with Gasteiger partial charge in [0, 0.05) is 5.56 Å². The number of aryl methyl sites for hydroxylation is 1. The van der Waals surface area contributed by atoms with Gasteiger partial charge in [-0.15, -0.1) is 0 Å². The summed E-state index contributed by atoms with van der Waals surface area (Å²) in [7, 11) is 1.61. The molecule has 0 bridgehead atoms. The van der Waals surface area contributed by atoms with Crippen LogP contribution < -0.4 is 4.74 Å². The van der Waals surface area contributed by atoms with E-state index in [4.69, 9.17) is 4.74 Å². The van der Waals surface area contributed by atoms with Gasteiger partial charge in [-0.25, -0.2) is 4.39 Å². The number of methoxy groups -OCH3 is 1. The summed E-state index contributed by atoms with van der Waals surface area (Å²) in [5.41, 5.74) is 2.46. The molecule has 88 valence electrons. The molecule has 0 saturated carbocycles. The summed E-state index contributed by atoms with van der Waals surface area (Å²) in [6.45, 7) is 1.94. The largest absolute Gasteiger partial charge is 0.496 e. The smallest absolute Gasteiger partial charge is 0.133 e. The van der Waals surface area contributed by atoms with Crippen molar-refractivity contribution in [3.63, 3.8) is 0 Å². The van der Waals surface area contributed by atoms with Crippen LogP contribution in [0.25, 0.3) is 11.1 Å². The minimum atomic E-state index is -0.215. The second-order valence-electron chi connectivity index (χ2n) is 3.78. The lowest BCUT2D eigenvalue weighted by atomic mass is 10.00. The zero-order valence-electron chi connectivity index (χ0n) is 9.63. The van der Waals surface area contributed by atoms with Gasteiger partial charge in [-0.3, -0.25) is 0 Å². The molecule has 2 aromatic carbocycles. The van der Waals surface area contributed by atoms with Gasteiger partial charge < -0.3 is 4.74 Å². The van der Waals surface area contributed by atoms with Crippen molar-refractivity contribution in [3.05, 3.63) is 52.3 Å². The zero-order valence-corrected chi connectivity index (χ0v) is 11.2. The van der Waals surface area contributed by atoms with Crippen LogP contribution in [0.1, 0.15) is 5.56 Å². The summed E-state index contributed by atoms with van der Waals surface area (Å²) >= 11 is 3.42. The Balaban J connectivity index is 2.61. The molecule has 0 saturated heterocycles. The number of halogens is 2. The normalized spacial score (nSPS) is 10.4. The third-order valence-corrected chi connectivity index (χ3v) is 3.28. The highest BCUT2D eigenvalue weighted by atomic mass is 79.9. The monoisotopic (exact) mass is 294 g/mol. The van der Waals surface area contributed by atoms with Crippen LogP contribution in [0.4, 0.5) is 4.39 Å². The van der Waals surface area contributed by atoms with Gasteiger partial charge >= 0.3 is 0 Å². The van der Waals surface area contributed by atoms with Crippen molar-refractivity contribution in [1.82, 2.24) is 0 Å². The third kappa shape index (κ3) is 2.34. The van der Waals surface area contributed by atoms with Crippen molar-refractivity contribution >= 4 is 15.9 Å². The zero-order chi connectivity index (χ0) is 12.4. The molecule has 0 aromatic heterocycles. The SMILES string of the molecule is COc1cc(C)c(-c2ccccc2F)cc1Br. The first kappa shape index (κ1) is 12.1. The Morgan fingerprint density at radius 2 is 1.82 bits per heavy atom. The van der Waals surface area contributed by atoms with Crippen molar-refractivity contribution in [2.45, 2.75) is 6.92 Å². The Morgan fingerprint density at radius 3 is 2.47 bits per heavy atom. The molecule has 0 amide bonds. The summed E-state index contributed by atoms with van der Waals surface area (Å²) in [5.74, 6) is 0.537. The number of ether oxygens (including phenoxy) is 1. The van der Waals surface area contributed by atoms with Gasteiger partial charge in [0.2, 0.25) is 0 Å². The van der Waals surface area contributed by atoms with E-state index in [1.165, 1.54) is 6.07 Å². The fraction of sp³-hybridized carbons (Fsp3) is 0.143. The maximum absolute atomic E-state index is 13.7. The van der Waals surface area contributed by atoms with Crippen molar-refractivity contribution in [2.75, 3.05) is 7.11 Å². The highest BCUT2D eigenvalue weighted by Crippen LogP contribution is 2.34. The van der Waals surface area contributed by atoms with Gasteiger partial charge in [-0.2, -0.15) is 0 Å². The lowest BCUT2D eigenvalue weighted by molar-refractivity contribution is 0.412. The predicted molar refractivity (Wildman–Crippen MR) is 70.8 cm³/mol. The van der Waals surface area contributed by atoms with Crippen molar-refractivity contribution < 1.29 is 9.13 Å². The van der Waals surface area contributed by atoms with E-state index in [1.807, 2.05) is 25.1 Å². The molecule has 0 aliphatic carbocycles.